The SMILES string of the molecule is CC(C)NC(=O)N1CC(=O)Nc2ccccc21. The standard InChI is InChI=1S/C12H15N3O2/c1-8(2)13-12(17)15-7-11(16)14-9-5-3-4-6-10(9)15/h3-6,8H,7H2,1-2H3,(H,13,17)(H,14,16). The van der Waals surface area contributed by atoms with Gasteiger partial charge in [-0.25, -0.2) is 4.79 Å². The molecule has 0 aromatic heterocycles. The highest BCUT2D eigenvalue weighted by atomic mass is 16.2. The first-order valence-electron chi connectivity index (χ1n) is 5.55. The summed E-state index contributed by atoms with van der Waals surface area (Å²) in [6.45, 7) is 3.82. The van der Waals surface area contributed by atoms with E-state index in [9.17, 15) is 9.59 Å². The fourth-order valence-corrected chi connectivity index (χ4v) is 1.74. The molecule has 5 heteroatoms. The molecule has 1 heterocycles. The maximum atomic E-state index is 12.0. The number of fused-ring (bicyclic) bond motifs is 1. The van der Waals surface area contributed by atoms with E-state index in [0.29, 0.717) is 5.69 Å². The lowest BCUT2D eigenvalue weighted by atomic mass is 10.2. The molecule has 0 aliphatic carbocycles. The van der Waals surface area contributed by atoms with Crippen LogP contribution >= 0.6 is 0 Å². The van der Waals surface area contributed by atoms with Crippen molar-refractivity contribution in [1.82, 2.24) is 5.32 Å². The minimum atomic E-state index is -0.248. The summed E-state index contributed by atoms with van der Waals surface area (Å²) in [7, 11) is 0. The van der Waals surface area contributed by atoms with Crippen LogP contribution in [0.3, 0.4) is 0 Å². The summed E-state index contributed by atoms with van der Waals surface area (Å²) in [5.41, 5.74) is 1.40. The Morgan fingerprint density at radius 1 is 1.41 bits per heavy atom. The largest absolute Gasteiger partial charge is 0.336 e. The highest BCUT2D eigenvalue weighted by Gasteiger charge is 2.26. The second kappa shape index (κ2) is 4.45. The molecule has 17 heavy (non-hydrogen) atoms. The van der Waals surface area contributed by atoms with Crippen LogP contribution in [0.25, 0.3) is 0 Å². The third-order valence-electron chi connectivity index (χ3n) is 2.43. The topological polar surface area (TPSA) is 61.4 Å². The predicted molar refractivity (Wildman–Crippen MR) is 66.1 cm³/mol. The monoisotopic (exact) mass is 233 g/mol. The van der Waals surface area contributed by atoms with Gasteiger partial charge in [-0.1, -0.05) is 12.1 Å². The van der Waals surface area contributed by atoms with Crippen molar-refractivity contribution in [3.05, 3.63) is 24.3 Å². The summed E-state index contributed by atoms with van der Waals surface area (Å²) >= 11 is 0. The molecule has 90 valence electrons. The number of carbonyl (C=O) groups is 2. The summed E-state index contributed by atoms with van der Waals surface area (Å²) in [4.78, 5) is 24.9. The van der Waals surface area contributed by atoms with E-state index < -0.39 is 0 Å². The van der Waals surface area contributed by atoms with E-state index in [1.165, 1.54) is 4.90 Å². The van der Waals surface area contributed by atoms with E-state index in [-0.39, 0.29) is 24.5 Å². The first kappa shape index (κ1) is 11.4. The Balaban J connectivity index is 2.29. The summed E-state index contributed by atoms with van der Waals surface area (Å²) in [5, 5.41) is 5.52. The van der Waals surface area contributed by atoms with Gasteiger partial charge < -0.3 is 10.6 Å². The van der Waals surface area contributed by atoms with Crippen LogP contribution in [-0.2, 0) is 4.79 Å². The van der Waals surface area contributed by atoms with Crippen LogP contribution in [0.1, 0.15) is 13.8 Å². The Labute approximate surface area is 99.8 Å². The summed E-state index contributed by atoms with van der Waals surface area (Å²) in [6, 6.07) is 7.05. The molecule has 1 aromatic carbocycles. The van der Waals surface area contributed by atoms with Gasteiger partial charge in [-0.2, -0.15) is 0 Å². The van der Waals surface area contributed by atoms with Crippen LogP contribution in [0.5, 0.6) is 0 Å². The molecule has 1 aliphatic rings. The fourth-order valence-electron chi connectivity index (χ4n) is 1.74. The van der Waals surface area contributed by atoms with Gasteiger partial charge in [0, 0.05) is 6.04 Å². The van der Waals surface area contributed by atoms with Gasteiger partial charge in [-0.15, -0.1) is 0 Å². The highest BCUT2D eigenvalue weighted by Crippen LogP contribution is 2.28. The van der Waals surface area contributed by atoms with Crippen molar-refractivity contribution >= 4 is 23.3 Å². The van der Waals surface area contributed by atoms with Crippen molar-refractivity contribution in [2.75, 3.05) is 16.8 Å². The van der Waals surface area contributed by atoms with E-state index in [2.05, 4.69) is 10.6 Å². The Morgan fingerprint density at radius 3 is 2.82 bits per heavy atom. The quantitative estimate of drug-likeness (QED) is 0.773. The zero-order chi connectivity index (χ0) is 12.4. The summed E-state index contributed by atoms with van der Waals surface area (Å²) in [6.07, 6.45) is 0. The van der Waals surface area contributed by atoms with Crippen LogP contribution < -0.4 is 15.5 Å². The van der Waals surface area contributed by atoms with E-state index in [1.807, 2.05) is 32.0 Å². The van der Waals surface area contributed by atoms with E-state index in [0.717, 1.165) is 5.69 Å². The average molecular weight is 233 g/mol. The number of para-hydroxylation sites is 2. The number of hydrogen-bond acceptors (Lipinski definition) is 2. The lowest BCUT2D eigenvalue weighted by Gasteiger charge is -2.29. The van der Waals surface area contributed by atoms with Crippen molar-refractivity contribution in [2.24, 2.45) is 0 Å². The Hall–Kier alpha value is -2.04. The molecule has 0 atom stereocenters. The number of carbonyl (C=O) groups excluding carboxylic acids is 2. The molecule has 0 saturated carbocycles. The van der Waals surface area contributed by atoms with E-state index >= 15 is 0 Å². The number of amides is 3. The van der Waals surface area contributed by atoms with Gasteiger partial charge in [0.15, 0.2) is 0 Å². The van der Waals surface area contributed by atoms with Crippen LogP contribution in [0.4, 0.5) is 16.2 Å². The molecule has 0 spiro atoms. The highest BCUT2D eigenvalue weighted by molar-refractivity contribution is 6.09. The van der Waals surface area contributed by atoms with Gasteiger partial charge in [0.2, 0.25) is 5.91 Å². The molecule has 5 nitrogen and oxygen atoms in total. The normalized spacial score (nSPS) is 14.3. The van der Waals surface area contributed by atoms with E-state index in [1.54, 1.807) is 6.07 Å². The van der Waals surface area contributed by atoms with Crippen molar-refractivity contribution in [3.63, 3.8) is 0 Å². The number of hydrogen-bond donors (Lipinski definition) is 2. The van der Waals surface area contributed by atoms with Gasteiger partial charge in [-0.3, -0.25) is 9.69 Å². The van der Waals surface area contributed by atoms with Crippen LogP contribution in [0.2, 0.25) is 0 Å². The Morgan fingerprint density at radius 2 is 2.12 bits per heavy atom. The number of benzene rings is 1. The minimum Gasteiger partial charge on any atom is -0.336 e. The lowest BCUT2D eigenvalue weighted by molar-refractivity contribution is -0.115. The Bertz CT molecular complexity index is 457. The average Bonchev–Trinajstić information content (AvgIpc) is 2.26. The van der Waals surface area contributed by atoms with Crippen LogP contribution in [-0.4, -0.2) is 24.5 Å². The molecule has 0 fully saturated rings. The second-order valence-electron chi connectivity index (χ2n) is 4.26. The summed E-state index contributed by atoms with van der Waals surface area (Å²) in [5.74, 6) is -0.178. The molecule has 0 unspecified atom stereocenters. The van der Waals surface area contributed by atoms with Crippen LogP contribution in [0, 0.1) is 0 Å². The zero-order valence-corrected chi connectivity index (χ0v) is 9.86. The molecule has 0 bridgehead atoms. The van der Waals surface area contributed by atoms with Gasteiger partial charge in [0.05, 0.1) is 11.4 Å². The molecule has 2 N–H and O–H groups in total. The molecular weight excluding hydrogens is 218 g/mol. The van der Waals surface area contributed by atoms with Crippen molar-refractivity contribution in [3.8, 4) is 0 Å². The molecular formula is C12H15N3O2. The maximum absolute atomic E-state index is 12.0. The Kier molecular flexibility index (Phi) is 2.99. The number of nitrogens with one attached hydrogen (secondary N) is 2. The maximum Gasteiger partial charge on any atom is 0.322 e. The number of urea groups is 1. The third kappa shape index (κ3) is 2.38. The second-order valence-corrected chi connectivity index (χ2v) is 4.26. The molecule has 0 saturated heterocycles. The molecule has 1 aromatic rings. The molecule has 1 aliphatic heterocycles. The van der Waals surface area contributed by atoms with Crippen molar-refractivity contribution in [1.29, 1.82) is 0 Å². The van der Waals surface area contributed by atoms with Gasteiger partial charge in [0.25, 0.3) is 0 Å². The van der Waals surface area contributed by atoms with Gasteiger partial charge in [-0.05, 0) is 26.0 Å². The number of rotatable bonds is 1. The zero-order valence-electron chi connectivity index (χ0n) is 9.86. The third-order valence-corrected chi connectivity index (χ3v) is 2.43. The number of anilines is 2. The molecule has 0 radical (unpaired) electrons. The van der Waals surface area contributed by atoms with E-state index in [4.69, 9.17) is 0 Å². The fraction of sp³-hybridized carbons (Fsp3) is 0.333. The van der Waals surface area contributed by atoms with Crippen molar-refractivity contribution in [2.45, 2.75) is 19.9 Å². The van der Waals surface area contributed by atoms with Crippen LogP contribution in [0.15, 0.2) is 24.3 Å². The smallest absolute Gasteiger partial charge is 0.322 e. The van der Waals surface area contributed by atoms with Gasteiger partial charge in [0.1, 0.15) is 6.54 Å². The first-order valence-corrected chi connectivity index (χ1v) is 5.55. The molecule has 3 amide bonds. The number of nitrogens with zero attached hydrogens (tertiary/aromatic N) is 1. The van der Waals surface area contributed by atoms with Gasteiger partial charge >= 0.3 is 6.03 Å². The minimum absolute atomic E-state index is 0.0413. The summed E-state index contributed by atoms with van der Waals surface area (Å²) < 4.78 is 0. The predicted octanol–water partition coefficient (Wildman–Crippen LogP) is 1.56. The lowest BCUT2D eigenvalue weighted by Crippen LogP contribution is -2.48. The molecule has 2 rings (SSSR count). The van der Waals surface area contributed by atoms with Crippen molar-refractivity contribution < 1.29 is 9.59 Å². The first-order chi connectivity index (χ1) is 8.08.